The Balaban J connectivity index is 2.84. The van der Waals surface area contributed by atoms with E-state index in [1.807, 2.05) is 18.4 Å². The van der Waals surface area contributed by atoms with Gasteiger partial charge in [0.1, 0.15) is 5.82 Å². The normalized spacial score (nSPS) is 12.8. The first-order valence-electron chi connectivity index (χ1n) is 7.22. The zero-order valence-corrected chi connectivity index (χ0v) is 14.2. The van der Waals surface area contributed by atoms with Gasteiger partial charge >= 0.3 is 0 Å². The topological polar surface area (TPSA) is 64.0 Å². The summed E-state index contributed by atoms with van der Waals surface area (Å²) >= 11 is 0. The second kappa shape index (κ2) is 6.72. The fourth-order valence-electron chi connectivity index (χ4n) is 2.45. The van der Waals surface area contributed by atoms with Gasteiger partial charge in [-0.3, -0.25) is 0 Å². The van der Waals surface area contributed by atoms with E-state index in [2.05, 4.69) is 37.4 Å². The number of rotatable bonds is 7. The van der Waals surface area contributed by atoms with Crippen LogP contribution in [0.1, 0.15) is 40.4 Å². The van der Waals surface area contributed by atoms with Crippen LogP contribution in [0.2, 0.25) is 0 Å². The Bertz CT molecular complexity index is 525. The number of aryl methyl sites for hydroxylation is 2. The van der Waals surface area contributed by atoms with Crippen LogP contribution in [0.25, 0.3) is 0 Å². The van der Waals surface area contributed by atoms with Crippen LogP contribution in [-0.4, -0.2) is 24.5 Å². The Morgan fingerprint density at radius 2 is 1.80 bits per heavy atom. The fraction of sp³-hybridized carbons (Fsp3) is 0.786. The molecule has 0 atom stereocenters. The molecule has 0 aromatic carbocycles. The minimum atomic E-state index is -3.52. The first-order valence-corrected chi connectivity index (χ1v) is 8.70. The number of imidazole rings is 1. The van der Waals surface area contributed by atoms with E-state index in [-0.39, 0.29) is 5.03 Å². The summed E-state index contributed by atoms with van der Waals surface area (Å²) in [6.45, 7) is 13.4. The lowest BCUT2D eigenvalue weighted by atomic mass is 9.86. The van der Waals surface area contributed by atoms with Crippen LogP contribution in [0.15, 0.2) is 11.2 Å². The monoisotopic (exact) mass is 301 g/mol. The molecule has 5 nitrogen and oxygen atoms in total. The fourth-order valence-corrected chi connectivity index (χ4v) is 3.53. The average molecular weight is 301 g/mol. The van der Waals surface area contributed by atoms with Crippen molar-refractivity contribution in [1.29, 1.82) is 0 Å². The van der Waals surface area contributed by atoms with Gasteiger partial charge in [0.25, 0.3) is 10.0 Å². The van der Waals surface area contributed by atoms with Crippen molar-refractivity contribution >= 4 is 10.0 Å². The predicted octanol–water partition coefficient (Wildman–Crippen LogP) is 2.42. The molecule has 0 fully saturated rings. The highest BCUT2D eigenvalue weighted by Gasteiger charge is 2.23. The Kier molecular flexibility index (Phi) is 5.77. The second-order valence-corrected chi connectivity index (χ2v) is 7.63. The molecule has 1 heterocycles. The molecule has 0 unspecified atom stereocenters. The smallest absolute Gasteiger partial charge is 0.259 e. The molecule has 0 spiro atoms. The summed E-state index contributed by atoms with van der Waals surface area (Å²) in [5.74, 6) is 1.91. The van der Waals surface area contributed by atoms with Crippen LogP contribution in [0.5, 0.6) is 0 Å². The highest BCUT2D eigenvalue weighted by Crippen LogP contribution is 2.20. The lowest BCUT2D eigenvalue weighted by Gasteiger charge is -2.24. The minimum Gasteiger partial charge on any atom is -0.334 e. The molecular formula is C14H27N3O2S. The van der Waals surface area contributed by atoms with Crippen molar-refractivity contribution in [2.75, 3.05) is 6.54 Å². The van der Waals surface area contributed by atoms with Gasteiger partial charge in [-0.05, 0) is 31.6 Å². The first-order chi connectivity index (χ1) is 9.19. The van der Waals surface area contributed by atoms with Gasteiger partial charge in [-0.2, -0.15) is 0 Å². The minimum absolute atomic E-state index is 0.114. The Labute approximate surface area is 122 Å². The van der Waals surface area contributed by atoms with Gasteiger partial charge in [0.2, 0.25) is 0 Å². The molecule has 0 radical (unpaired) electrons. The summed E-state index contributed by atoms with van der Waals surface area (Å²) < 4.78 is 29.1. The van der Waals surface area contributed by atoms with Crippen molar-refractivity contribution in [3.05, 3.63) is 12.0 Å². The Morgan fingerprint density at radius 3 is 2.20 bits per heavy atom. The lowest BCUT2D eigenvalue weighted by Crippen LogP contribution is -2.34. The molecule has 0 aliphatic heterocycles. The zero-order valence-electron chi connectivity index (χ0n) is 13.3. The van der Waals surface area contributed by atoms with Crippen molar-refractivity contribution < 1.29 is 8.42 Å². The number of hydrogen-bond donors (Lipinski definition) is 1. The van der Waals surface area contributed by atoms with E-state index >= 15 is 0 Å². The van der Waals surface area contributed by atoms with Crippen LogP contribution >= 0.6 is 0 Å². The number of aromatic nitrogens is 2. The van der Waals surface area contributed by atoms with Gasteiger partial charge in [-0.15, -0.1) is 0 Å². The maximum absolute atomic E-state index is 12.3. The highest BCUT2D eigenvalue weighted by atomic mass is 32.2. The van der Waals surface area contributed by atoms with Gasteiger partial charge in [0.15, 0.2) is 5.03 Å². The van der Waals surface area contributed by atoms with Gasteiger partial charge in [0.05, 0.1) is 0 Å². The average Bonchev–Trinajstić information content (AvgIpc) is 2.70. The van der Waals surface area contributed by atoms with E-state index in [1.165, 1.54) is 0 Å². The zero-order chi connectivity index (χ0) is 15.5. The van der Waals surface area contributed by atoms with Gasteiger partial charge in [0, 0.05) is 19.3 Å². The molecule has 0 saturated heterocycles. The molecule has 6 heteroatoms. The quantitative estimate of drug-likeness (QED) is 0.841. The summed E-state index contributed by atoms with van der Waals surface area (Å²) in [5, 5.41) is 0.114. The van der Waals surface area contributed by atoms with E-state index in [0.29, 0.717) is 24.3 Å². The van der Waals surface area contributed by atoms with Crippen LogP contribution in [-0.2, 0) is 16.6 Å². The third kappa shape index (κ3) is 4.06. The molecule has 1 aromatic heterocycles. The van der Waals surface area contributed by atoms with Crippen molar-refractivity contribution in [2.45, 2.75) is 53.1 Å². The van der Waals surface area contributed by atoms with E-state index in [4.69, 9.17) is 0 Å². The standard InChI is InChI=1S/C14H27N3O2S/c1-7-17-9-14(16-12(17)6)20(18,19)15-8-13(10(2)3)11(4)5/h9-11,13,15H,7-8H2,1-6H3. The molecule has 1 N–H and O–H groups in total. The Hall–Kier alpha value is -0.880. The number of hydrogen-bond acceptors (Lipinski definition) is 3. The highest BCUT2D eigenvalue weighted by molar-refractivity contribution is 7.89. The molecule has 0 aliphatic rings. The maximum Gasteiger partial charge on any atom is 0.259 e. The SMILES string of the molecule is CCn1cc(S(=O)(=O)NCC(C(C)C)C(C)C)nc1C. The van der Waals surface area contributed by atoms with Crippen molar-refractivity contribution in [3.8, 4) is 0 Å². The van der Waals surface area contributed by atoms with Crippen LogP contribution in [0.3, 0.4) is 0 Å². The number of nitrogens with one attached hydrogen (secondary N) is 1. The van der Waals surface area contributed by atoms with E-state index in [0.717, 1.165) is 12.4 Å². The molecule has 0 aliphatic carbocycles. The second-order valence-electron chi connectivity index (χ2n) is 5.92. The third-order valence-corrected chi connectivity index (χ3v) is 5.09. The molecular weight excluding hydrogens is 274 g/mol. The molecule has 0 saturated carbocycles. The van der Waals surface area contributed by atoms with Crippen LogP contribution in [0.4, 0.5) is 0 Å². The molecule has 1 aromatic rings. The first kappa shape index (κ1) is 17.2. The molecule has 20 heavy (non-hydrogen) atoms. The molecule has 0 amide bonds. The van der Waals surface area contributed by atoms with Crippen molar-refractivity contribution in [1.82, 2.24) is 14.3 Å². The van der Waals surface area contributed by atoms with Gasteiger partial charge < -0.3 is 4.57 Å². The van der Waals surface area contributed by atoms with E-state index in [1.54, 1.807) is 6.20 Å². The summed E-state index contributed by atoms with van der Waals surface area (Å²) in [5.41, 5.74) is 0. The van der Waals surface area contributed by atoms with E-state index < -0.39 is 10.0 Å². The van der Waals surface area contributed by atoms with E-state index in [9.17, 15) is 8.42 Å². The lowest BCUT2D eigenvalue weighted by molar-refractivity contribution is 0.289. The number of nitrogens with zero attached hydrogens (tertiary/aromatic N) is 2. The maximum atomic E-state index is 12.3. The van der Waals surface area contributed by atoms with Crippen molar-refractivity contribution in [3.63, 3.8) is 0 Å². The van der Waals surface area contributed by atoms with Crippen LogP contribution < -0.4 is 4.72 Å². The molecule has 0 bridgehead atoms. The summed E-state index contributed by atoms with van der Waals surface area (Å²) in [6.07, 6.45) is 1.59. The third-order valence-electron chi connectivity index (χ3n) is 3.79. The predicted molar refractivity (Wildman–Crippen MR) is 81.0 cm³/mol. The Morgan fingerprint density at radius 1 is 1.25 bits per heavy atom. The summed E-state index contributed by atoms with van der Waals surface area (Å²) in [7, 11) is -3.52. The molecule has 116 valence electrons. The summed E-state index contributed by atoms with van der Waals surface area (Å²) in [6, 6.07) is 0. The van der Waals surface area contributed by atoms with Gasteiger partial charge in [-0.25, -0.2) is 18.1 Å². The molecule has 1 rings (SSSR count). The summed E-state index contributed by atoms with van der Waals surface area (Å²) in [4.78, 5) is 4.13. The van der Waals surface area contributed by atoms with Gasteiger partial charge in [-0.1, -0.05) is 27.7 Å². The number of sulfonamides is 1. The largest absolute Gasteiger partial charge is 0.334 e. The van der Waals surface area contributed by atoms with Crippen molar-refractivity contribution in [2.24, 2.45) is 17.8 Å². The van der Waals surface area contributed by atoms with Crippen LogP contribution in [0, 0.1) is 24.7 Å².